The van der Waals surface area contributed by atoms with Gasteiger partial charge < -0.3 is 4.90 Å². The zero-order valence-corrected chi connectivity index (χ0v) is 26.5. The van der Waals surface area contributed by atoms with E-state index in [1.807, 2.05) is 58.9 Å². The SMILES string of the molecule is C=C(C)/C(=C\C)CC.C=C/C(C)=C/C=NC.C=C1CCCN1c1cc(F)c(C)cc1F.CC.Cc1ccccc1. The second-order valence-electron chi connectivity index (χ2n) is 9.00. The Bertz CT molecular complexity index is 1110. The third-order valence-electron chi connectivity index (χ3n) is 5.77. The molecule has 40 heavy (non-hydrogen) atoms. The summed E-state index contributed by atoms with van der Waals surface area (Å²) in [4.78, 5) is 5.52. The van der Waals surface area contributed by atoms with Crippen molar-refractivity contribution in [3.8, 4) is 0 Å². The number of rotatable bonds is 5. The van der Waals surface area contributed by atoms with Gasteiger partial charge in [0.25, 0.3) is 0 Å². The van der Waals surface area contributed by atoms with Crippen molar-refractivity contribution in [2.45, 2.75) is 74.7 Å². The summed E-state index contributed by atoms with van der Waals surface area (Å²) < 4.78 is 26.9. The van der Waals surface area contributed by atoms with Gasteiger partial charge in [-0.25, -0.2) is 8.78 Å². The maximum absolute atomic E-state index is 13.6. The molecule has 2 nitrogen and oxygen atoms in total. The Labute approximate surface area is 244 Å². The van der Waals surface area contributed by atoms with E-state index in [2.05, 4.69) is 56.8 Å². The van der Waals surface area contributed by atoms with E-state index >= 15 is 0 Å². The number of hydrogen-bond donors (Lipinski definition) is 0. The van der Waals surface area contributed by atoms with E-state index < -0.39 is 0 Å². The van der Waals surface area contributed by atoms with Crippen molar-refractivity contribution < 1.29 is 8.78 Å². The molecule has 1 aliphatic rings. The van der Waals surface area contributed by atoms with Crippen molar-refractivity contribution >= 4 is 11.9 Å². The number of aryl methyl sites for hydroxylation is 2. The molecule has 1 aliphatic heterocycles. The van der Waals surface area contributed by atoms with Crippen LogP contribution < -0.4 is 4.90 Å². The largest absolute Gasteiger partial charge is 0.343 e. The molecule has 4 heteroatoms. The summed E-state index contributed by atoms with van der Waals surface area (Å²) >= 11 is 0. The van der Waals surface area contributed by atoms with Crippen LogP contribution in [-0.4, -0.2) is 19.8 Å². The highest BCUT2D eigenvalue weighted by Gasteiger charge is 2.20. The van der Waals surface area contributed by atoms with Gasteiger partial charge in [-0.1, -0.05) is 105 Å². The van der Waals surface area contributed by atoms with E-state index in [-0.39, 0.29) is 11.6 Å². The highest BCUT2D eigenvalue weighted by Crippen LogP contribution is 2.30. The van der Waals surface area contributed by atoms with Crippen LogP contribution in [0.2, 0.25) is 0 Å². The van der Waals surface area contributed by atoms with Gasteiger partial charge in [0, 0.05) is 31.6 Å². The minimum atomic E-state index is -0.378. The summed E-state index contributed by atoms with van der Waals surface area (Å²) in [7, 11) is 1.74. The Morgan fingerprint density at radius 3 is 2.00 bits per heavy atom. The second-order valence-corrected chi connectivity index (χ2v) is 9.00. The molecule has 0 N–H and O–H groups in total. The van der Waals surface area contributed by atoms with Crippen molar-refractivity contribution in [1.82, 2.24) is 0 Å². The average Bonchev–Trinajstić information content (AvgIpc) is 3.38. The summed E-state index contributed by atoms with van der Waals surface area (Å²) in [5.41, 5.74) is 6.51. The molecule has 0 saturated carbocycles. The van der Waals surface area contributed by atoms with Gasteiger partial charge in [0.1, 0.15) is 11.6 Å². The molecular weight excluding hydrogens is 498 g/mol. The van der Waals surface area contributed by atoms with Gasteiger partial charge in [0.2, 0.25) is 0 Å². The summed E-state index contributed by atoms with van der Waals surface area (Å²) in [6.45, 7) is 27.8. The molecule has 0 amide bonds. The zero-order chi connectivity index (χ0) is 31.1. The van der Waals surface area contributed by atoms with Crippen LogP contribution in [0.25, 0.3) is 0 Å². The van der Waals surface area contributed by atoms with Crippen LogP contribution >= 0.6 is 0 Å². The van der Waals surface area contributed by atoms with Crippen LogP contribution in [0, 0.1) is 25.5 Å². The number of nitrogens with zero attached hydrogens (tertiary/aromatic N) is 2. The smallest absolute Gasteiger partial charge is 0.147 e. The Kier molecular flexibility index (Phi) is 22.6. The number of anilines is 1. The monoisotopic (exact) mass is 550 g/mol. The fourth-order valence-corrected chi connectivity index (χ4v) is 3.41. The quantitative estimate of drug-likeness (QED) is 0.267. The van der Waals surface area contributed by atoms with Gasteiger partial charge in [0.15, 0.2) is 0 Å². The Hall–Kier alpha value is -3.53. The molecule has 2 aromatic rings. The lowest BCUT2D eigenvalue weighted by atomic mass is 10.1. The van der Waals surface area contributed by atoms with Gasteiger partial charge in [-0.05, 0) is 71.6 Å². The first kappa shape index (κ1) is 38.6. The number of hydrogen-bond acceptors (Lipinski definition) is 2. The normalized spacial score (nSPS) is 12.6. The van der Waals surface area contributed by atoms with E-state index in [0.717, 1.165) is 37.1 Å². The van der Waals surface area contributed by atoms with Gasteiger partial charge >= 0.3 is 0 Å². The maximum Gasteiger partial charge on any atom is 0.147 e. The molecule has 1 saturated heterocycles. The Morgan fingerprint density at radius 2 is 1.65 bits per heavy atom. The minimum absolute atomic E-state index is 0.306. The number of aliphatic imine (C=N–C) groups is 1. The van der Waals surface area contributed by atoms with Crippen LogP contribution in [0.15, 0.2) is 108 Å². The first-order chi connectivity index (χ1) is 19.0. The predicted molar refractivity (Wildman–Crippen MR) is 177 cm³/mol. The van der Waals surface area contributed by atoms with E-state index in [1.54, 1.807) is 31.2 Å². The summed E-state index contributed by atoms with van der Waals surface area (Å²) in [5, 5.41) is 0. The molecule has 1 heterocycles. The third kappa shape index (κ3) is 16.4. The Morgan fingerprint density at radius 1 is 1.05 bits per heavy atom. The first-order valence-electron chi connectivity index (χ1n) is 14.0. The lowest BCUT2D eigenvalue weighted by Crippen LogP contribution is -2.17. The van der Waals surface area contributed by atoms with Gasteiger partial charge in [-0.2, -0.15) is 0 Å². The number of halogens is 2. The highest BCUT2D eigenvalue weighted by molar-refractivity contribution is 5.72. The van der Waals surface area contributed by atoms with Crippen molar-refractivity contribution in [2.75, 3.05) is 18.5 Å². The van der Waals surface area contributed by atoms with Crippen LogP contribution in [0.1, 0.15) is 71.9 Å². The van der Waals surface area contributed by atoms with Crippen molar-refractivity contribution in [2.24, 2.45) is 4.99 Å². The standard InChI is InChI=1S/C12H13F2N.C8H14.C7H11N.C7H8.C2H6/c1-8-6-11(14)12(7-10(8)13)15-5-3-4-9(15)2;1-5-8(6-2)7(3)4;1-4-7(2)5-6-8-3;1-7-5-3-2-4-6-7;1-2/h6-7H,2-5H2,1H3;5H,3,6H2,1-2,4H3;4-6H,1H2,2-3H3;2-6H,1H3;1-2H3/b;8-5-;7-5+,8-6?;;. The lowest BCUT2D eigenvalue weighted by molar-refractivity contribution is 0.591. The molecule has 3 rings (SSSR count). The topological polar surface area (TPSA) is 15.6 Å². The van der Waals surface area contributed by atoms with Crippen molar-refractivity contribution in [1.29, 1.82) is 0 Å². The molecule has 0 spiro atoms. The van der Waals surface area contributed by atoms with Gasteiger partial charge in [-0.15, -0.1) is 0 Å². The van der Waals surface area contributed by atoms with Crippen LogP contribution in [0.5, 0.6) is 0 Å². The third-order valence-corrected chi connectivity index (χ3v) is 5.77. The molecule has 0 aliphatic carbocycles. The average molecular weight is 551 g/mol. The molecule has 0 atom stereocenters. The predicted octanol–water partition coefficient (Wildman–Crippen LogP) is 11.1. The van der Waals surface area contributed by atoms with E-state index in [0.29, 0.717) is 11.3 Å². The molecular formula is C36H52F2N2. The Balaban J connectivity index is 0. The van der Waals surface area contributed by atoms with Crippen molar-refractivity contribution in [3.05, 3.63) is 126 Å². The first-order valence-corrected chi connectivity index (χ1v) is 14.0. The number of allylic oxidation sites excluding steroid dienone is 7. The zero-order valence-electron chi connectivity index (χ0n) is 26.5. The molecule has 0 radical (unpaired) electrons. The lowest BCUT2D eigenvalue weighted by Gasteiger charge is -2.20. The fraction of sp³-hybridized carbons (Fsp3) is 0.361. The highest BCUT2D eigenvalue weighted by atomic mass is 19.1. The van der Waals surface area contributed by atoms with Crippen LogP contribution in [-0.2, 0) is 0 Å². The molecule has 1 fully saturated rings. The fourth-order valence-electron chi connectivity index (χ4n) is 3.41. The van der Waals surface area contributed by atoms with Gasteiger partial charge in [-0.3, -0.25) is 4.99 Å². The summed E-state index contributed by atoms with van der Waals surface area (Å²) in [6, 6.07) is 12.7. The summed E-state index contributed by atoms with van der Waals surface area (Å²) in [6.07, 6.45) is 10.5. The molecule has 2 aromatic carbocycles. The molecule has 0 unspecified atom stereocenters. The minimum Gasteiger partial charge on any atom is -0.343 e. The summed E-state index contributed by atoms with van der Waals surface area (Å²) in [5.74, 6) is -0.747. The molecule has 220 valence electrons. The van der Waals surface area contributed by atoms with Crippen molar-refractivity contribution in [3.63, 3.8) is 0 Å². The van der Waals surface area contributed by atoms with E-state index in [4.69, 9.17) is 0 Å². The molecule has 0 bridgehead atoms. The maximum atomic E-state index is 13.6. The number of benzene rings is 2. The van der Waals surface area contributed by atoms with Crippen LogP contribution in [0.3, 0.4) is 0 Å². The van der Waals surface area contributed by atoms with E-state index in [1.165, 1.54) is 28.8 Å². The van der Waals surface area contributed by atoms with E-state index in [9.17, 15) is 8.78 Å². The van der Waals surface area contributed by atoms with Gasteiger partial charge in [0.05, 0.1) is 5.69 Å². The second kappa shape index (κ2) is 23.4. The molecule has 0 aromatic heterocycles. The van der Waals surface area contributed by atoms with Crippen LogP contribution in [0.4, 0.5) is 14.5 Å².